The van der Waals surface area contributed by atoms with Gasteiger partial charge in [-0.3, -0.25) is 5.10 Å². The van der Waals surface area contributed by atoms with E-state index >= 15 is 0 Å². The molecule has 0 amide bonds. The zero-order chi connectivity index (χ0) is 13.5. The zero-order valence-corrected chi connectivity index (χ0v) is 11.6. The van der Waals surface area contributed by atoms with Crippen molar-refractivity contribution in [2.45, 2.75) is 12.8 Å². The fraction of sp³-hybridized carbons (Fsp3) is 0.235. The van der Waals surface area contributed by atoms with Crippen LogP contribution >= 0.6 is 0 Å². The maximum absolute atomic E-state index is 4.49. The molecule has 1 N–H and O–H groups in total. The summed E-state index contributed by atoms with van der Waals surface area (Å²) in [5.74, 6) is 0. The van der Waals surface area contributed by atoms with Gasteiger partial charge in [-0.25, -0.2) is 0 Å². The lowest BCUT2D eigenvalue weighted by molar-refractivity contribution is 0.745. The number of nitrogens with zero attached hydrogens (tertiary/aromatic N) is 2. The summed E-state index contributed by atoms with van der Waals surface area (Å²) >= 11 is 0. The van der Waals surface area contributed by atoms with Crippen LogP contribution in [0.4, 0.5) is 5.69 Å². The maximum atomic E-state index is 4.49. The van der Waals surface area contributed by atoms with Crippen molar-refractivity contribution >= 4 is 16.6 Å². The van der Waals surface area contributed by atoms with Crippen LogP contribution in [0.25, 0.3) is 22.2 Å². The van der Waals surface area contributed by atoms with Crippen molar-refractivity contribution in [3.05, 3.63) is 48.0 Å². The van der Waals surface area contributed by atoms with Crippen molar-refractivity contribution in [2.75, 3.05) is 18.5 Å². The summed E-state index contributed by atoms with van der Waals surface area (Å²) in [7, 11) is 2.17. The van der Waals surface area contributed by atoms with Crippen molar-refractivity contribution in [1.29, 1.82) is 0 Å². The van der Waals surface area contributed by atoms with Gasteiger partial charge in [-0.1, -0.05) is 24.3 Å². The van der Waals surface area contributed by atoms with E-state index < -0.39 is 0 Å². The number of hydrogen-bond acceptors (Lipinski definition) is 2. The molecule has 3 nitrogen and oxygen atoms in total. The van der Waals surface area contributed by atoms with Gasteiger partial charge in [0, 0.05) is 30.2 Å². The molecule has 0 spiro atoms. The first kappa shape index (κ1) is 11.5. The van der Waals surface area contributed by atoms with E-state index in [4.69, 9.17) is 0 Å². The summed E-state index contributed by atoms with van der Waals surface area (Å²) in [6.45, 7) is 1.15. The van der Waals surface area contributed by atoms with Gasteiger partial charge >= 0.3 is 0 Å². The standard InChI is InChI=1S/C17H17N3/c1-20-10-4-5-12-11-13(8-9-16(12)20)17-14-6-2-3-7-15(14)18-19-17/h2-3,6-9,11H,4-5,10H2,1H3,(H,18,19). The molecule has 1 aliphatic rings. The van der Waals surface area contributed by atoms with Gasteiger partial charge < -0.3 is 4.90 Å². The molecule has 0 bridgehead atoms. The second-order valence-electron chi connectivity index (χ2n) is 5.49. The monoisotopic (exact) mass is 263 g/mol. The third-order valence-electron chi connectivity index (χ3n) is 4.17. The Morgan fingerprint density at radius 2 is 2.05 bits per heavy atom. The van der Waals surface area contributed by atoms with Crippen LogP contribution in [0.5, 0.6) is 0 Å². The van der Waals surface area contributed by atoms with Gasteiger partial charge in [0.2, 0.25) is 0 Å². The lowest BCUT2D eigenvalue weighted by Gasteiger charge is -2.27. The summed E-state index contributed by atoms with van der Waals surface area (Å²) in [4.78, 5) is 2.34. The maximum Gasteiger partial charge on any atom is 0.0999 e. The normalized spacial score (nSPS) is 14.6. The van der Waals surface area contributed by atoms with Crippen molar-refractivity contribution in [1.82, 2.24) is 10.2 Å². The minimum Gasteiger partial charge on any atom is -0.374 e. The third kappa shape index (κ3) is 1.70. The molecule has 3 aromatic rings. The Morgan fingerprint density at radius 3 is 3.00 bits per heavy atom. The van der Waals surface area contributed by atoms with Crippen LogP contribution in [0.15, 0.2) is 42.5 Å². The average molecular weight is 263 g/mol. The van der Waals surface area contributed by atoms with Crippen molar-refractivity contribution < 1.29 is 0 Å². The Morgan fingerprint density at radius 1 is 1.15 bits per heavy atom. The molecule has 3 heteroatoms. The molecule has 1 aromatic heterocycles. The molecule has 100 valence electrons. The predicted molar refractivity (Wildman–Crippen MR) is 83.1 cm³/mol. The van der Waals surface area contributed by atoms with Crippen LogP contribution in [-0.4, -0.2) is 23.8 Å². The van der Waals surface area contributed by atoms with Gasteiger partial charge in [0.25, 0.3) is 0 Å². The number of para-hydroxylation sites is 1. The van der Waals surface area contributed by atoms with Gasteiger partial charge in [0.1, 0.15) is 0 Å². The van der Waals surface area contributed by atoms with Crippen LogP contribution in [0.3, 0.4) is 0 Å². The number of aromatic amines is 1. The second kappa shape index (κ2) is 4.37. The molecule has 0 atom stereocenters. The van der Waals surface area contributed by atoms with Crippen LogP contribution in [-0.2, 0) is 6.42 Å². The molecule has 2 heterocycles. The summed E-state index contributed by atoms with van der Waals surface area (Å²) in [5.41, 5.74) is 6.15. The first-order valence-corrected chi connectivity index (χ1v) is 7.10. The van der Waals surface area contributed by atoms with E-state index in [1.165, 1.54) is 28.6 Å². The first-order chi connectivity index (χ1) is 9.83. The largest absolute Gasteiger partial charge is 0.374 e. The molecule has 0 fully saturated rings. The van der Waals surface area contributed by atoms with Crippen molar-refractivity contribution in [3.63, 3.8) is 0 Å². The van der Waals surface area contributed by atoms with Crippen LogP contribution in [0.1, 0.15) is 12.0 Å². The van der Waals surface area contributed by atoms with Crippen LogP contribution in [0, 0.1) is 0 Å². The minimum atomic E-state index is 1.05. The minimum absolute atomic E-state index is 1.05. The molecule has 0 saturated heterocycles. The number of fused-ring (bicyclic) bond motifs is 2. The number of hydrogen-bond donors (Lipinski definition) is 1. The molecule has 0 aliphatic carbocycles. The van der Waals surface area contributed by atoms with Gasteiger partial charge in [0.05, 0.1) is 11.2 Å². The molecule has 0 radical (unpaired) electrons. The molecule has 0 unspecified atom stereocenters. The number of anilines is 1. The summed E-state index contributed by atoms with van der Waals surface area (Å²) < 4.78 is 0. The Bertz CT molecular complexity index is 773. The summed E-state index contributed by atoms with van der Waals surface area (Å²) in [6.07, 6.45) is 2.39. The highest BCUT2D eigenvalue weighted by atomic mass is 15.1. The lowest BCUT2D eigenvalue weighted by Crippen LogP contribution is -2.24. The highest BCUT2D eigenvalue weighted by molar-refractivity contribution is 5.93. The lowest BCUT2D eigenvalue weighted by atomic mass is 9.97. The Balaban J connectivity index is 1.87. The molecule has 2 aromatic carbocycles. The second-order valence-corrected chi connectivity index (χ2v) is 5.49. The predicted octanol–water partition coefficient (Wildman–Crippen LogP) is 3.61. The number of rotatable bonds is 1. The topological polar surface area (TPSA) is 31.9 Å². The van der Waals surface area contributed by atoms with Gasteiger partial charge in [-0.15, -0.1) is 0 Å². The van der Waals surface area contributed by atoms with Crippen LogP contribution < -0.4 is 4.90 Å². The van der Waals surface area contributed by atoms with Gasteiger partial charge in [0.15, 0.2) is 0 Å². The number of benzene rings is 2. The molecular formula is C17H17N3. The number of H-pyrrole nitrogens is 1. The Hall–Kier alpha value is -2.29. The Kier molecular flexibility index (Phi) is 2.52. The molecule has 20 heavy (non-hydrogen) atoms. The van der Waals surface area contributed by atoms with Gasteiger partial charge in [-0.05, 0) is 36.6 Å². The summed E-state index contributed by atoms with van der Waals surface area (Å²) in [5, 5.41) is 8.80. The number of aryl methyl sites for hydroxylation is 1. The van der Waals surface area contributed by atoms with Crippen LogP contribution in [0.2, 0.25) is 0 Å². The highest BCUT2D eigenvalue weighted by Crippen LogP contribution is 2.32. The molecule has 0 saturated carbocycles. The fourth-order valence-electron chi connectivity index (χ4n) is 3.12. The van der Waals surface area contributed by atoms with E-state index in [9.17, 15) is 0 Å². The zero-order valence-electron chi connectivity index (χ0n) is 11.6. The summed E-state index contributed by atoms with van der Waals surface area (Å²) in [6, 6.07) is 15.0. The van der Waals surface area contributed by atoms with Crippen molar-refractivity contribution in [2.24, 2.45) is 0 Å². The van der Waals surface area contributed by atoms with E-state index in [1.54, 1.807) is 0 Å². The fourth-order valence-corrected chi connectivity index (χ4v) is 3.12. The Labute approximate surface area is 118 Å². The highest BCUT2D eigenvalue weighted by Gasteiger charge is 2.15. The van der Waals surface area contributed by atoms with E-state index in [0.717, 1.165) is 24.2 Å². The number of nitrogens with one attached hydrogen (secondary N) is 1. The van der Waals surface area contributed by atoms with Crippen molar-refractivity contribution in [3.8, 4) is 11.3 Å². The number of aromatic nitrogens is 2. The van der Waals surface area contributed by atoms with E-state index in [-0.39, 0.29) is 0 Å². The first-order valence-electron chi connectivity index (χ1n) is 7.10. The molecule has 1 aliphatic heterocycles. The molecule has 4 rings (SSSR count). The quantitative estimate of drug-likeness (QED) is 0.727. The molecular weight excluding hydrogens is 246 g/mol. The SMILES string of the molecule is CN1CCCc2cc(-c3n[nH]c4ccccc34)ccc21. The van der Waals surface area contributed by atoms with E-state index in [0.29, 0.717) is 0 Å². The van der Waals surface area contributed by atoms with E-state index in [2.05, 4.69) is 58.5 Å². The smallest absolute Gasteiger partial charge is 0.0999 e. The van der Waals surface area contributed by atoms with E-state index in [1.807, 2.05) is 6.07 Å². The third-order valence-corrected chi connectivity index (χ3v) is 4.17. The average Bonchev–Trinajstić information content (AvgIpc) is 2.91. The van der Waals surface area contributed by atoms with Gasteiger partial charge in [-0.2, -0.15) is 5.10 Å².